The first-order valence-electron chi connectivity index (χ1n) is 12.0. The molecule has 0 aliphatic heterocycles. The molecule has 0 unspecified atom stereocenters. The average molecular weight is 517 g/mol. The van der Waals surface area contributed by atoms with E-state index in [9.17, 15) is 29.8 Å². The van der Waals surface area contributed by atoms with Crippen LogP contribution in [0.25, 0.3) is 23.3 Å². The molecule has 8 heteroatoms. The van der Waals surface area contributed by atoms with E-state index in [1.165, 1.54) is 36.4 Å². The minimum absolute atomic E-state index is 0.0173. The van der Waals surface area contributed by atoms with Crippen molar-refractivity contribution in [2.75, 3.05) is 0 Å². The summed E-state index contributed by atoms with van der Waals surface area (Å²) in [6.45, 7) is 0. The fourth-order valence-electron chi connectivity index (χ4n) is 4.56. The molecule has 5 rings (SSSR count). The number of benzene rings is 4. The van der Waals surface area contributed by atoms with Gasteiger partial charge in [0.05, 0.1) is 9.85 Å². The molecule has 0 fully saturated rings. The Morgan fingerprint density at radius 3 is 1.79 bits per heavy atom. The minimum Gasteiger partial charge on any atom is -0.289 e. The molecule has 39 heavy (non-hydrogen) atoms. The predicted octanol–water partition coefficient (Wildman–Crippen LogP) is 6.87. The monoisotopic (exact) mass is 516 g/mol. The molecule has 0 amide bonds. The van der Waals surface area contributed by atoms with Gasteiger partial charge in [-0.15, -0.1) is 0 Å². The number of nitrogens with zero attached hydrogens (tertiary/aromatic N) is 2. The van der Waals surface area contributed by atoms with Gasteiger partial charge in [0.15, 0.2) is 11.6 Å². The second kappa shape index (κ2) is 10.5. The number of non-ortho nitro benzene ring substituents is 2. The van der Waals surface area contributed by atoms with Crippen LogP contribution in [0.15, 0.2) is 97.1 Å². The van der Waals surface area contributed by atoms with Crippen LogP contribution < -0.4 is 0 Å². The summed E-state index contributed by atoms with van der Waals surface area (Å²) in [7, 11) is 0. The molecular weight excluding hydrogens is 496 g/mol. The molecule has 0 heterocycles. The maximum Gasteiger partial charge on any atom is 0.269 e. The van der Waals surface area contributed by atoms with Gasteiger partial charge in [0.25, 0.3) is 11.4 Å². The van der Waals surface area contributed by atoms with E-state index in [0.717, 1.165) is 22.3 Å². The molecule has 4 aromatic rings. The van der Waals surface area contributed by atoms with Crippen molar-refractivity contribution in [3.8, 4) is 11.1 Å². The van der Waals surface area contributed by atoms with Crippen molar-refractivity contribution in [3.63, 3.8) is 0 Å². The van der Waals surface area contributed by atoms with E-state index in [-0.39, 0.29) is 22.9 Å². The van der Waals surface area contributed by atoms with E-state index in [0.29, 0.717) is 28.7 Å². The lowest BCUT2D eigenvalue weighted by molar-refractivity contribution is -0.385. The Kier molecular flexibility index (Phi) is 6.75. The van der Waals surface area contributed by atoms with E-state index in [2.05, 4.69) is 0 Å². The summed E-state index contributed by atoms with van der Waals surface area (Å²) in [4.78, 5) is 46.6. The van der Waals surface area contributed by atoms with Gasteiger partial charge in [0.1, 0.15) is 0 Å². The van der Waals surface area contributed by atoms with Crippen LogP contribution in [-0.2, 0) is 6.42 Å². The minimum atomic E-state index is -0.477. The Morgan fingerprint density at radius 2 is 1.23 bits per heavy atom. The molecule has 1 aliphatic rings. The summed E-state index contributed by atoms with van der Waals surface area (Å²) in [6.07, 6.45) is 6.71. The van der Waals surface area contributed by atoms with Crippen molar-refractivity contribution in [2.24, 2.45) is 0 Å². The third kappa shape index (κ3) is 5.30. The Balaban J connectivity index is 1.35. The molecule has 0 aromatic heterocycles. The number of carbonyl (C=O) groups excluding carboxylic acids is 2. The van der Waals surface area contributed by atoms with Gasteiger partial charge in [-0.1, -0.05) is 42.5 Å². The number of nitro groups is 2. The molecular formula is C31H20N2O6. The summed E-state index contributed by atoms with van der Waals surface area (Å²) >= 11 is 0. The molecule has 8 nitrogen and oxygen atoms in total. The molecule has 0 saturated heterocycles. The number of nitro benzene ring substituents is 2. The summed E-state index contributed by atoms with van der Waals surface area (Å²) in [5.41, 5.74) is 6.03. The smallest absolute Gasteiger partial charge is 0.269 e. The van der Waals surface area contributed by atoms with Gasteiger partial charge in [-0.05, 0) is 82.3 Å². The van der Waals surface area contributed by atoms with Crippen molar-refractivity contribution in [3.05, 3.63) is 151 Å². The van der Waals surface area contributed by atoms with Gasteiger partial charge >= 0.3 is 0 Å². The van der Waals surface area contributed by atoms with Crippen LogP contribution in [-0.4, -0.2) is 21.4 Å². The molecule has 0 N–H and O–H groups in total. The number of fused-ring (bicyclic) bond motifs is 3. The molecule has 1 aliphatic carbocycles. The molecule has 0 atom stereocenters. The predicted molar refractivity (Wildman–Crippen MR) is 148 cm³/mol. The normalized spacial score (nSPS) is 11.9. The zero-order chi connectivity index (χ0) is 27.5. The Hall–Kier alpha value is -5.50. The SMILES string of the molecule is O=C(C=Cc1ccc([N+](=O)[O-])cc1)c1ccc2c(c1)Cc1cccc(C(=O)C=Cc3ccc([N+](=O)[O-])cc3)c1-2. The first-order valence-corrected chi connectivity index (χ1v) is 12.0. The lowest BCUT2D eigenvalue weighted by Gasteiger charge is -2.07. The zero-order valence-electron chi connectivity index (χ0n) is 20.4. The van der Waals surface area contributed by atoms with Crippen molar-refractivity contribution < 1.29 is 19.4 Å². The molecule has 0 spiro atoms. The summed E-state index contributed by atoms with van der Waals surface area (Å²) in [6, 6.07) is 22.8. The number of rotatable bonds is 8. The average Bonchev–Trinajstić information content (AvgIpc) is 3.33. The third-order valence-corrected chi connectivity index (χ3v) is 6.52. The van der Waals surface area contributed by atoms with E-state index >= 15 is 0 Å². The fraction of sp³-hybridized carbons (Fsp3) is 0.0323. The highest BCUT2D eigenvalue weighted by Gasteiger charge is 2.24. The quantitative estimate of drug-likeness (QED) is 0.0961. The summed E-state index contributed by atoms with van der Waals surface area (Å²) in [5.74, 6) is -0.390. The van der Waals surface area contributed by atoms with Crippen LogP contribution in [0.3, 0.4) is 0 Å². The van der Waals surface area contributed by atoms with Gasteiger partial charge < -0.3 is 0 Å². The van der Waals surface area contributed by atoms with Crippen molar-refractivity contribution in [2.45, 2.75) is 6.42 Å². The highest BCUT2D eigenvalue weighted by Crippen LogP contribution is 2.40. The van der Waals surface area contributed by atoms with Crippen LogP contribution in [0, 0.1) is 20.2 Å². The number of carbonyl (C=O) groups is 2. The molecule has 4 aromatic carbocycles. The second-order valence-corrected chi connectivity index (χ2v) is 8.98. The number of allylic oxidation sites excluding steroid dienone is 2. The van der Waals surface area contributed by atoms with Gasteiger partial charge in [-0.3, -0.25) is 29.8 Å². The van der Waals surface area contributed by atoms with Crippen LogP contribution in [0.4, 0.5) is 11.4 Å². The first-order chi connectivity index (χ1) is 18.8. The lowest BCUT2D eigenvalue weighted by atomic mass is 9.95. The van der Waals surface area contributed by atoms with E-state index in [4.69, 9.17) is 0 Å². The summed E-state index contributed by atoms with van der Waals surface area (Å²) in [5, 5.41) is 21.7. The van der Waals surface area contributed by atoms with Crippen LogP contribution >= 0.6 is 0 Å². The van der Waals surface area contributed by atoms with Crippen molar-refractivity contribution in [1.29, 1.82) is 0 Å². The molecule has 0 bridgehead atoms. The van der Waals surface area contributed by atoms with Gasteiger partial charge in [0, 0.05) is 35.4 Å². The maximum atomic E-state index is 13.1. The number of hydrogen-bond acceptors (Lipinski definition) is 6. The van der Waals surface area contributed by atoms with Crippen molar-refractivity contribution in [1.82, 2.24) is 0 Å². The zero-order valence-corrected chi connectivity index (χ0v) is 20.4. The molecule has 190 valence electrons. The maximum absolute atomic E-state index is 13.1. The topological polar surface area (TPSA) is 120 Å². The van der Waals surface area contributed by atoms with E-state index < -0.39 is 9.85 Å². The number of ketones is 2. The summed E-state index contributed by atoms with van der Waals surface area (Å²) < 4.78 is 0. The van der Waals surface area contributed by atoms with Crippen LogP contribution in [0.2, 0.25) is 0 Å². The van der Waals surface area contributed by atoms with Crippen LogP contribution in [0.5, 0.6) is 0 Å². The Labute approximate surface area is 222 Å². The van der Waals surface area contributed by atoms with Gasteiger partial charge in [0.2, 0.25) is 0 Å². The van der Waals surface area contributed by atoms with E-state index in [1.807, 2.05) is 24.3 Å². The Morgan fingerprint density at radius 1 is 0.667 bits per heavy atom. The highest BCUT2D eigenvalue weighted by molar-refractivity contribution is 6.12. The second-order valence-electron chi connectivity index (χ2n) is 8.98. The number of hydrogen-bond donors (Lipinski definition) is 0. The van der Waals surface area contributed by atoms with E-state index in [1.54, 1.807) is 48.6 Å². The largest absolute Gasteiger partial charge is 0.289 e. The first kappa shape index (κ1) is 25.2. The van der Waals surface area contributed by atoms with Gasteiger partial charge in [-0.25, -0.2) is 0 Å². The van der Waals surface area contributed by atoms with Gasteiger partial charge in [-0.2, -0.15) is 0 Å². The van der Waals surface area contributed by atoms with Crippen molar-refractivity contribution >= 4 is 35.1 Å². The fourth-order valence-corrected chi connectivity index (χ4v) is 4.56. The Bertz CT molecular complexity index is 1700. The molecule has 0 saturated carbocycles. The third-order valence-electron chi connectivity index (χ3n) is 6.52. The lowest BCUT2D eigenvalue weighted by Crippen LogP contribution is -1.99. The highest BCUT2D eigenvalue weighted by atomic mass is 16.6. The molecule has 0 radical (unpaired) electrons. The van der Waals surface area contributed by atoms with Crippen LogP contribution in [0.1, 0.15) is 43.0 Å². The standard InChI is InChI=1S/C31H20N2O6/c34-29(16-8-20-4-11-25(12-5-20)32(36)37)22-10-15-27-24(18-22)19-23-2-1-3-28(31(23)27)30(35)17-9-21-6-13-26(14-7-21)33(38)39/h1-18H,19H2.